The van der Waals surface area contributed by atoms with Crippen LogP contribution in [-0.4, -0.2) is 174 Å². The van der Waals surface area contributed by atoms with Gasteiger partial charge in [0.1, 0.15) is 48.3 Å². The molecule has 2 aliphatic heterocycles. The second-order valence-corrected chi connectivity index (χ2v) is 15.8. The molecule has 25 heteroatoms. The van der Waals surface area contributed by atoms with E-state index in [1.807, 2.05) is 0 Å². The van der Waals surface area contributed by atoms with Gasteiger partial charge in [-0.15, -0.1) is 0 Å². The number of aliphatic carboxylic acids is 3. The Bertz CT molecular complexity index is 1950. The fraction of sp³-hybridized carbons (Fsp3) is 0.575. The molecule has 10 atom stereocenters. The molecule has 0 spiro atoms. The number of carbonyl (C=O) groups is 11. The van der Waals surface area contributed by atoms with Gasteiger partial charge in [0, 0.05) is 25.9 Å². The summed E-state index contributed by atoms with van der Waals surface area (Å²) in [5.74, 6) is -12.6. The van der Waals surface area contributed by atoms with E-state index in [1.54, 1.807) is 30.3 Å². The molecule has 0 saturated carbocycles. The molecule has 0 unspecified atom stereocenters. The second kappa shape index (κ2) is 24.4. The smallest absolute Gasteiger partial charge is 0.326 e. The molecule has 2 fully saturated rings. The van der Waals surface area contributed by atoms with Crippen molar-refractivity contribution >= 4 is 65.2 Å². The number of primary amides is 1. The number of amides is 8. The lowest BCUT2D eigenvalue weighted by Crippen LogP contribution is -2.62. The monoisotopic (exact) mass is 919 g/mol. The predicted octanol–water partition coefficient (Wildman–Crippen LogP) is -4.98. The second-order valence-electron chi connectivity index (χ2n) is 15.8. The van der Waals surface area contributed by atoms with Crippen molar-refractivity contribution in [3.05, 3.63) is 35.9 Å². The van der Waals surface area contributed by atoms with Gasteiger partial charge in [0.15, 0.2) is 0 Å². The molecule has 2 heterocycles. The number of hydrogen-bond donors (Lipinski definition) is 12. The maximum atomic E-state index is 13.9. The van der Waals surface area contributed by atoms with Gasteiger partial charge < -0.3 is 73.4 Å². The van der Waals surface area contributed by atoms with Crippen LogP contribution in [0.2, 0.25) is 0 Å². The highest BCUT2D eigenvalue weighted by Crippen LogP contribution is 2.21. The third-order valence-electron chi connectivity index (χ3n) is 10.8. The molecule has 3 rings (SSSR count). The highest BCUT2D eigenvalue weighted by atomic mass is 16.4. The van der Waals surface area contributed by atoms with Gasteiger partial charge in [-0.05, 0) is 51.5 Å². The topological polar surface area (TPSA) is 408 Å². The molecule has 0 bridgehead atoms. The summed E-state index contributed by atoms with van der Waals surface area (Å²) in [5, 5.41) is 60.4. The average molecular weight is 920 g/mol. The molecular formula is C40H57N9O16. The molecule has 1 aromatic carbocycles. The summed E-state index contributed by atoms with van der Waals surface area (Å²) in [6.07, 6.45) is -5.58. The number of nitrogens with one attached hydrogen (secondary N) is 5. The Morgan fingerprint density at radius 2 is 1.15 bits per heavy atom. The van der Waals surface area contributed by atoms with E-state index >= 15 is 0 Å². The van der Waals surface area contributed by atoms with Gasteiger partial charge in [-0.2, -0.15) is 0 Å². The summed E-state index contributed by atoms with van der Waals surface area (Å²) in [6, 6.07) is -4.55. The molecule has 65 heavy (non-hydrogen) atoms. The molecule has 358 valence electrons. The number of carbonyl (C=O) groups excluding carboxylic acids is 8. The summed E-state index contributed by atoms with van der Waals surface area (Å²) in [7, 11) is 0. The molecular weight excluding hydrogens is 862 g/mol. The number of likely N-dealkylation sites (tertiary alicyclic amines) is 2. The summed E-state index contributed by atoms with van der Waals surface area (Å²) >= 11 is 0. The van der Waals surface area contributed by atoms with Crippen LogP contribution >= 0.6 is 0 Å². The summed E-state index contributed by atoms with van der Waals surface area (Å²) in [4.78, 5) is 144. The number of rotatable bonds is 24. The van der Waals surface area contributed by atoms with Crippen molar-refractivity contribution in [2.24, 2.45) is 11.5 Å². The first-order valence-corrected chi connectivity index (χ1v) is 20.7. The lowest BCUT2D eigenvalue weighted by molar-refractivity contribution is -0.150. The Kier molecular flexibility index (Phi) is 19.7. The van der Waals surface area contributed by atoms with Crippen LogP contribution in [-0.2, 0) is 59.2 Å². The normalized spacial score (nSPS) is 19.5. The molecule has 2 saturated heterocycles. The summed E-state index contributed by atoms with van der Waals surface area (Å²) in [6.45, 7) is 2.21. The number of carboxylic acids is 3. The molecule has 0 aliphatic carbocycles. The lowest BCUT2D eigenvalue weighted by Gasteiger charge is -2.31. The predicted molar refractivity (Wildman–Crippen MR) is 221 cm³/mol. The number of aliphatic hydroxyl groups excluding tert-OH is 2. The van der Waals surface area contributed by atoms with Crippen molar-refractivity contribution in [1.29, 1.82) is 0 Å². The molecule has 1 aromatic rings. The minimum Gasteiger partial charge on any atom is -0.481 e. The van der Waals surface area contributed by atoms with Gasteiger partial charge in [0.25, 0.3) is 0 Å². The number of hydrogen-bond acceptors (Lipinski definition) is 14. The largest absolute Gasteiger partial charge is 0.481 e. The van der Waals surface area contributed by atoms with Crippen LogP contribution in [0.3, 0.4) is 0 Å². The van der Waals surface area contributed by atoms with E-state index in [0.29, 0.717) is 12.0 Å². The average Bonchev–Trinajstić information content (AvgIpc) is 3.94. The fourth-order valence-electron chi connectivity index (χ4n) is 7.31. The number of nitrogens with zero attached hydrogens (tertiary/aromatic N) is 2. The standard InChI is InChI=1S/C40H57N9O16/c1-19(50)31(42)36(60)43-22(12-13-29(53)54)33(57)45-24(17-28(41)52)38(62)48-14-6-10-26(48)35(59)47-32(20(2)51)37(61)44-23(16-21-8-4-3-5-9-21)34(58)46-25(18-30(55)56)39(63)49-15-7-11-27(49)40(64)65/h3-5,8-9,19-20,22-27,31-32,50-51H,6-7,10-18,42H2,1-2H3,(H2,41,52)(H,43,60)(H,44,61)(H,45,57)(H,46,58)(H,47,59)(H,53,54)(H,55,56)(H,64,65)/t19-,20-,22+,23+,24+,25+,26+,27+,31+,32+/m1/s1. The minimum atomic E-state index is -1.81. The van der Waals surface area contributed by atoms with E-state index in [4.69, 9.17) is 11.5 Å². The zero-order chi connectivity index (χ0) is 48.7. The number of carboxylic acid groups (broad SMARTS) is 3. The third kappa shape index (κ3) is 15.5. The Balaban J connectivity index is 1.84. The van der Waals surface area contributed by atoms with Gasteiger partial charge in [-0.3, -0.25) is 47.9 Å². The Hall–Kier alpha value is -6.73. The first-order valence-electron chi connectivity index (χ1n) is 20.7. The van der Waals surface area contributed by atoms with Crippen LogP contribution in [0.4, 0.5) is 0 Å². The van der Waals surface area contributed by atoms with Crippen LogP contribution in [0.1, 0.15) is 70.8 Å². The zero-order valence-electron chi connectivity index (χ0n) is 35.7. The Morgan fingerprint density at radius 1 is 0.646 bits per heavy atom. The summed E-state index contributed by atoms with van der Waals surface area (Å²) < 4.78 is 0. The van der Waals surface area contributed by atoms with Gasteiger partial charge in [0.05, 0.1) is 25.0 Å². The van der Waals surface area contributed by atoms with Crippen LogP contribution in [0.15, 0.2) is 30.3 Å². The first-order chi connectivity index (χ1) is 30.5. The van der Waals surface area contributed by atoms with Crippen LogP contribution in [0.25, 0.3) is 0 Å². The van der Waals surface area contributed by atoms with Crippen molar-refractivity contribution in [2.45, 2.75) is 132 Å². The van der Waals surface area contributed by atoms with E-state index in [2.05, 4.69) is 26.6 Å². The van der Waals surface area contributed by atoms with E-state index in [0.717, 1.165) is 16.7 Å². The number of benzene rings is 1. The van der Waals surface area contributed by atoms with E-state index in [1.165, 1.54) is 6.92 Å². The van der Waals surface area contributed by atoms with Crippen molar-refractivity contribution in [3.63, 3.8) is 0 Å². The molecule has 8 amide bonds. The van der Waals surface area contributed by atoms with Crippen LogP contribution in [0.5, 0.6) is 0 Å². The quantitative estimate of drug-likeness (QED) is 0.0462. The van der Waals surface area contributed by atoms with E-state index < -0.39 is 151 Å². The minimum absolute atomic E-state index is 0.0119. The molecule has 14 N–H and O–H groups in total. The SMILES string of the molecule is C[C@@H](O)[C@H](N)C(=O)N[C@@H](CCC(=O)O)C(=O)N[C@@H](CC(N)=O)C(=O)N1CCC[C@H]1C(=O)N[C@H](C(=O)N[C@@H](Cc1ccccc1)C(=O)N[C@@H](CC(=O)O)C(=O)N1CCC[C@H]1C(=O)O)[C@@H](C)O. The van der Waals surface area contributed by atoms with Gasteiger partial charge >= 0.3 is 17.9 Å². The Labute approximate surface area is 372 Å². The number of nitrogens with two attached hydrogens (primary N) is 2. The van der Waals surface area contributed by atoms with Crippen LogP contribution < -0.4 is 38.1 Å². The van der Waals surface area contributed by atoms with Crippen molar-refractivity contribution in [2.75, 3.05) is 13.1 Å². The Morgan fingerprint density at radius 3 is 1.66 bits per heavy atom. The molecule has 25 nitrogen and oxygen atoms in total. The maximum absolute atomic E-state index is 13.9. The van der Waals surface area contributed by atoms with Crippen molar-refractivity contribution < 1.29 is 78.3 Å². The molecule has 0 aromatic heterocycles. The van der Waals surface area contributed by atoms with Gasteiger partial charge in [0.2, 0.25) is 47.3 Å². The fourth-order valence-corrected chi connectivity index (χ4v) is 7.31. The maximum Gasteiger partial charge on any atom is 0.326 e. The van der Waals surface area contributed by atoms with Gasteiger partial charge in [-0.25, -0.2) is 4.79 Å². The highest BCUT2D eigenvalue weighted by molar-refractivity contribution is 5.99. The van der Waals surface area contributed by atoms with E-state index in [-0.39, 0.29) is 38.8 Å². The number of aliphatic hydroxyl groups is 2. The first kappa shape index (κ1) is 52.6. The van der Waals surface area contributed by atoms with Crippen molar-refractivity contribution in [1.82, 2.24) is 36.4 Å². The molecule has 0 radical (unpaired) electrons. The summed E-state index contributed by atoms with van der Waals surface area (Å²) in [5.41, 5.74) is 11.5. The lowest BCUT2D eigenvalue weighted by atomic mass is 10.0. The zero-order valence-corrected chi connectivity index (χ0v) is 35.7. The van der Waals surface area contributed by atoms with Crippen molar-refractivity contribution in [3.8, 4) is 0 Å². The molecule has 2 aliphatic rings. The van der Waals surface area contributed by atoms with Gasteiger partial charge in [-0.1, -0.05) is 30.3 Å². The third-order valence-corrected chi connectivity index (χ3v) is 10.8. The van der Waals surface area contributed by atoms with E-state index in [9.17, 15) is 78.3 Å². The highest BCUT2D eigenvalue weighted by Gasteiger charge is 2.42. The van der Waals surface area contributed by atoms with Crippen LogP contribution in [0, 0.1) is 0 Å².